The van der Waals surface area contributed by atoms with E-state index in [1.54, 1.807) is 33.8 Å². The van der Waals surface area contributed by atoms with Crippen LogP contribution in [0.3, 0.4) is 0 Å². The number of ether oxygens (including phenoxy) is 1. The third kappa shape index (κ3) is 6.60. The van der Waals surface area contributed by atoms with E-state index >= 15 is 0 Å². The van der Waals surface area contributed by atoms with Crippen molar-refractivity contribution < 1.29 is 19.4 Å². The average Bonchev–Trinajstić information content (AvgIpc) is 2.14. The number of nitrogens with one attached hydrogen (secondary N) is 1. The highest BCUT2D eigenvalue weighted by Gasteiger charge is 2.24. The summed E-state index contributed by atoms with van der Waals surface area (Å²) in [4.78, 5) is 22.3. The second-order valence-corrected chi connectivity index (χ2v) is 4.92. The molecular weight excluding hydrogens is 222 g/mol. The molecule has 0 fully saturated rings. The quantitative estimate of drug-likeness (QED) is 0.724. The minimum Gasteiger partial charge on any atom is -0.481 e. The molecule has 1 amide bonds. The molecule has 0 spiro atoms. The number of carboxylic acid groups (broad SMARTS) is 1. The molecule has 0 bridgehead atoms. The molecule has 0 aliphatic heterocycles. The van der Waals surface area contributed by atoms with Gasteiger partial charge in [-0.3, -0.25) is 4.79 Å². The molecule has 2 N–H and O–H groups in total. The van der Waals surface area contributed by atoms with Crippen LogP contribution in [0.5, 0.6) is 0 Å². The van der Waals surface area contributed by atoms with Gasteiger partial charge in [0, 0.05) is 6.54 Å². The lowest BCUT2D eigenvalue weighted by Gasteiger charge is -2.22. The normalized spacial score (nSPS) is 14.6. The summed E-state index contributed by atoms with van der Waals surface area (Å²) >= 11 is 0. The minimum atomic E-state index is -0.964. The Morgan fingerprint density at radius 2 is 2.00 bits per heavy atom. The molecule has 5 heteroatoms. The molecule has 98 valence electrons. The number of hydrogen-bond donors (Lipinski definition) is 2. The van der Waals surface area contributed by atoms with Crippen molar-refractivity contribution in [3.05, 3.63) is 12.7 Å². The van der Waals surface area contributed by atoms with Gasteiger partial charge in [-0.05, 0) is 26.7 Å². The predicted molar refractivity (Wildman–Crippen MR) is 64.7 cm³/mol. The Hall–Kier alpha value is -1.52. The molecule has 0 aromatic heterocycles. The van der Waals surface area contributed by atoms with Gasteiger partial charge < -0.3 is 15.2 Å². The van der Waals surface area contributed by atoms with E-state index in [0.717, 1.165) is 0 Å². The summed E-state index contributed by atoms with van der Waals surface area (Å²) in [7, 11) is 0. The molecule has 0 heterocycles. The molecule has 0 saturated heterocycles. The van der Waals surface area contributed by atoms with Gasteiger partial charge in [0.05, 0.1) is 5.92 Å². The van der Waals surface area contributed by atoms with Crippen LogP contribution in [0, 0.1) is 11.8 Å². The summed E-state index contributed by atoms with van der Waals surface area (Å²) in [6, 6.07) is 0. The summed E-state index contributed by atoms with van der Waals surface area (Å²) in [5.74, 6) is -1.88. The van der Waals surface area contributed by atoms with E-state index in [1.165, 1.54) is 0 Å². The first-order chi connectivity index (χ1) is 7.67. The van der Waals surface area contributed by atoms with Crippen LogP contribution in [0.1, 0.15) is 27.7 Å². The number of carbonyl (C=O) groups is 2. The molecule has 0 radical (unpaired) electrons. The van der Waals surface area contributed by atoms with E-state index < -0.39 is 23.6 Å². The smallest absolute Gasteiger partial charge is 0.407 e. The van der Waals surface area contributed by atoms with Gasteiger partial charge in [0.15, 0.2) is 0 Å². The summed E-state index contributed by atoms with van der Waals surface area (Å²) < 4.78 is 5.01. The van der Waals surface area contributed by atoms with Gasteiger partial charge in [0.2, 0.25) is 0 Å². The fourth-order valence-corrected chi connectivity index (χ4v) is 1.17. The van der Waals surface area contributed by atoms with Gasteiger partial charge in [-0.1, -0.05) is 13.0 Å². The van der Waals surface area contributed by atoms with Crippen molar-refractivity contribution in [3.63, 3.8) is 0 Å². The lowest BCUT2D eigenvalue weighted by atomic mass is 9.94. The number of rotatable bonds is 5. The number of allylic oxidation sites excluding steroid dienone is 1. The first-order valence-electron chi connectivity index (χ1n) is 5.49. The van der Waals surface area contributed by atoms with E-state index in [-0.39, 0.29) is 12.5 Å². The first-order valence-corrected chi connectivity index (χ1v) is 5.49. The fourth-order valence-electron chi connectivity index (χ4n) is 1.17. The number of carboxylic acids is 1. The Labute approximate surface area is 102 Å². The van der Waals surface area contributed by atoms with Crippen molar-refractivity contribution in [1.29, 1.82) is 0 Å². The molecule has 0 aromatic rings. The van der Waals surface area contributed by atoms with Crippen LogP contribution >= 0.6 is 0 Å². The third-order valence-electron chi connectivity index (χ3n) is 2.19. The average molecular weight is 243 g/mol. The van der Waals surface area contributed by atoms with Crippen molar-refractivity contribution in [2.45, 2.75) is 33.3 Å². The zero-order valence-corrected chi connectivity index (χ0v) is 10.8. The van der Waals surface area contributed by atoms with E-state index in [1.807, 2.05) is 0 Å². The number of hydrogen-bond acceptors (Lipinski definition) is 3. The third-order valence-corrected chi connectivity index (χ3v) is 2.19. The zero-order valence-electron chi connectivity index (χ0n) is 10.8. The molecule has 2 unspecified atom stereocenters. The van der Waals surface area contributed by atoms with Crippen LogP contribution < -0.4 is 5.32 Å². The van der Waals surface area contributed by atoms with Crippen LogP contribution in [0.15, 0.2) is 12.7 Å². The Morgan fingerprint density at radius 1 is 1.47 bits per heavy atom. The fraction of sp³-hybridized carbons (Fsp3) is 0.667. The molecule has 5 nitrogen and oxygen atoms in total. The minimum absolute atomic E-state index is 0.0252. The van der Waals surface area contributed by atoms with Crippen molar-refractivity contribution in [2.75, 3.05) is 6.54 Å². The van der Waals surface area contributed by atoms with Crippen LogP contribution in [0.25, 0.3) is 0 Å². The van der Waals surface area contributed by atoms with Crippen molar-refractivity contribution in [1.82, 2.24) is 5.32 Å². The van der Waals surface area contributed by atoms with Gasteiger partial charge >= 0.3 is 12.1 Å². The van der Waals surface area contributed by atoms with Crippen molar-refractivity contribution in [3.8, 4) is 0 Å². The summed E-state index contributed by atoms with van der Waals surface area (Å²) in [5.41, 5.74) is -0.590. The van der Waals surface area contributed by atoms with Crippen LogP contribution in [0.4, 0.5) is 4.79 Å². The molecule has 0 saturated carbocycles. The highest BCUT2D eigenvalue weighted by atomic mass is 16.6. The number of aliphatic carboxylic acids is 1. The van der Waals surface area contributed by atoms with Crippen LogP contribution in [0.2, 0.25) is 0 Å². The highest BCUT2D eigenvalue weighted by molar-refractivity contribution is 5.73. The number of amides is 1. The van der Waals surface area contributed by atoms with Gasteiger partial charge in [0.1, 0.15) is 5.60 Å². The van der Waals surface area contributed by atoms with E-state index in [0.29, 0.717) is 0 Å². The topological polar surface area (TPSA) is 75.6 Å². The largest absolute Gasteiger partial charge is 0.481 e. The van der Waals surface area contributed by atoms with Crippen LogP contribution in [-0.4, -0.2) is 29.3 Å². The monoisotopic (exact) mass is 243 g/mol. The second-order valence-electron chi connectivity index (χ2n) is 4.92. The van der Waals surface area contributed by atoms with Gasteiger partial charge in [-0.2, -0.15) is 0 Å². The number of alkyl carbamates (subject to hydrolysis) is 1. The Balaban J connectivity index is 4.28. The first kappa shape index (κ1) is 15.5. The summed E-state index contributed by atoms with van der Waals surface area (Å²) in [6.45, 7) is 10.5. The van der Waals surface area contributed by atoms with Gasteiger partial charge in [0.25, 0.3) is 0 Å². The van der Waals surface area contributed by atoms with Gasteiger partial charge in [-0.15, -0.1) is 6.58 Å². The Morgan fingerprint density at radius 3 is 2.35 bits per heavy atom. The summed E-state index contributed by atoms with van der Waals surface area (Å²) in [6.07, 6.45) is 0.940. The van der Waals surface area contributed by atoms with E-state index in [4.69, 9.17) is 9.84 Å². The van der Waals surface area contributed by atoms with Crippen molar-refractivity contribution in [2.24, 2.45) is 11.8 Å². The standard InChI is InChI=1S/C12H21NO4/c1-6-8(2)9(10(14)15)7-13-11(16)17-12(3,4)5/h6,8-9H,1,7H2,2-5H3,(H,13,16)(H,14,15). The summed E-state index contributed by atoms with van der Waals surface area (Å²) in [5, 5.41) is 11.4. The molecule has 0 aromatic carbocycles. The predicted octanol–water partition coefficient (Wildman–Crippen LogP) is 2.03. The Bertz CT molecular complexity index is 293. The SMILES string of the molecule is C=CC(C)C(CNC(=O)OC(C)(C)C)C(=O)O. The van der Waals surface area contributed by atoms with Gasteiger partial charge in [-0.25, -0.2) is 4.79 Å². The zero-order chi connectivity index (χ0) is 13.6. The maximum atomic E-state index is 11.3. The molecule has 0 aliphatic carbocycles. The van der Waals surface area contributed by atoms with E-state index in [2.05, 4.69) is 11.9 Å². The highest BCUT2D eigenvalue weighted by Crippen LogP contribution is 2.12. The molecule has 0 rings (SSSR count). The second kappa shape index (κ2) is 6.27. The lowest BCUT2D eigenvalue weighted by Crippen LogP contribution is -2.38. The van der Waals surface area contributed by atoms with Crippen molar-refractivity contribution >= 4 is 12.1 Å². The molecule has 2 atom stereocenters. The van der Waals surface area contributed by atoms with Crippen LogP contribution in [-0.2, 0) is 9.53 Å². The maximum Gasteiger partial charge on any atom is 0.407 e. The molecular formula is C12H21NO4. The maximum absolute atomic E-state index is 11.3. The molecule has 17 heavy (non-hydrogen) atoms. The molecule has 0 aliphatic rings. The number of carbonyl (C=O) groups excluding carboxylic acids is 1. The van der Waals surface area contributed by atoms with E-state index in [9.17, 15) is 9.59 Å². The Kier molecular flexibility index (Phi) is 5.71. The lowest BCUT2D eigenvalue weighted by molar-refractivity contribution is -0.142.